The lowest BCUT2D eigenvalue weighted by molar-refractivity contribution is 0.591. The van der Waals surface area contributed by atoms with Crippen molar-refractivity contribution in [2.24, 2.45) is 0 Å². The molecular weight excluding hydrogens is 408 g/mol. The Labute approximate surface area is 204 Å². The Morgan fingerprint density at radius 2 is 1.09 bits per heavy atom. The van der Waals surface area contributed by atoms with Gasteiger partial charge in [-0.2, -0.15) is 0 Å². The van der Waals surface area contributed by atoms with E-state index < -0.39 is 0 Å². The summed E-state index contributed by atoms with van der Waals surface area (Å²) in [6, 6.07) is 36.0. The maximum atomic E-state index is 2.42. The zero-order valence-electron chi connectivity index (χ0n) is 21.2. The Morgan fingerprint density at radius 1 is 0.471 bits per heavy atom. The molecule has 0 heteroatoms. The molecule has 0 saturated heterocycles. The van der Waals surface area contributed by atoms with Crippen molar-refractivity contribution < 1.29 is 0 Å². The lowest BCUT2D eigenvalue weighted by Crippen LogP contribution is -2.15. The summed E-state index contributed by atoms with van der Waals surface area (Å²) in [6.07, 6.45) is 0. The van der Waals surface area contributed by atoms with Crippen molar-refractivity contribution in [2.75, 3.05) is 0 Å². The van der Waals surface area contributed by atoms with Crippen LogP contribution in [0.3, 0.4) is 0 Å². The highest BCUT2D eigenvalue weighted by atomic mass is 14.3. The number of fused-ring (bicyclic) bond motifs is 2. The van der Waals surface area contributed by atoms with E-state index in [0.29, 0.717) is 0 Å². The van der Waals surface area contributed by atoms with E-state index in [1.54, 1.807) is 0 Å². The highest BCUT2D eigenvalue weighted by Gasteiger charge is 2.26. The fourth-order valence-corrected chi connectivity index (χ4v) is 5.14. The van der Waals surface area contributed by atoms with Gasteiger partial charge in [-0.3, -0.25) is 0 Å². The Balaban J connectivity index is 1.95. The van der Waals surface area contributed by atoms with Crippen LogP contribution in [0.1, 0.15) is 52.7 Å². The number of rotatable bonds is 2. The van der Waals surface area contributed by atoms with Crippen LogP contribution in [-0.2, 0) is 10.8 Å². The molecule has 0 spiro atoms. The van der Waals surface area contributed by atoms with Gasteiger partial charge in [-0.05, 0) is 84.0 Å². The van der Waals surface area contributed by atoms with Crippen LogP contribution >= 0.6 is 0 Å². The second-order valence-electron chi connectivity index (χ2n) is 11.5. The first-order valence-corrected chi connectivity index (χ1v) is 12.3. The van der Waals surface area contributed by atoms with Gasteiger partial charge in [0.15, 0.2) is 0 Å². The summed E-state index contributed by atoms with van der Waals surface area (Å²) >= 11 is 0. The second-order valence-corrected chi connectivity index (χ2v) is 11.5. The predicted molar refractivity (Wildman–Crippen MR) is 150 cm³/mol. The summed E-state index contributed by atoms with van der Waals surface area (Å²) < 4.78 is 0. The molecule has 5 rings (SSSR count). The molecule has 0 aromatic heterocycles. The van der Waals surface area contributed by atoms with Crippen LogP contribution in [0, 0.1) is 0 Å². The van der Waals surface area contributed by atoms with Gasteiger partial charge in [0.2, 0.25) is 0 Å². The van der Waals surface area contributed by atoms with E-state index in [0.717, 1.165) is 0 Å². The van der Waals surface area contributed by atoms with Crippen LogP contribution in [0.5, 0.6) is 0 Å². The first kappa shape index (κ1) is 22.4. The SMILES string of the molecule is CC(C)(C)c1ccc2cc3c(-c4ccccc4)c(C(C)(C)C)c(-c4ccccc4)cc3cc2c1. The average molecular weight is 443 g/mol. The molecule has 170 valence electrons. The van der Waals surface area contributed by atoms with E-state index in [1.807, 2.05) is 0 Å². The van der Waals surface area contributed by atoms with Crippen molar-refractivity contribution in [3.05, 3.63) is 108 Å². The normalized spacial score (nSPS) is 12.4. The van der Waals surface area contributed by atoms with E-state index in [4.69, 9.17) is 0 Å². The molecule has 0 atom stereocenters. The van der Waals surface area contributed by atoms with Gasteiger partial charge < -0.3 is 0 Å². The van der Waals surface area contributed by atoms with Crippen LogP contribution in [0.25, 0.3) is 43.8 Å². The molecule has 0 amide bonds. The van der Waals surface area contributed by atoms with Crippen molar-refractivity contribution in [1.82, 2.24) is 0 Å². The third kappa shape index (κ3) is 4.03. The van der Waals surface area contributed by atoms with E-state index in [9.17, 15) is 0 Å². The van der Waals surface area contributed by atoms with Gasteiger partial charge in [-0.15, -0.1) is 0 Å². The molecule has 0 unspecified atom stereocenters. The maximum Gasteiger partial charge on any atom is -0.00615 e. The van der Waals surface area contributed by atoms with Crippen LogP contribution in [-0.4, -0.2) is 0 Å². The Hall–Kier alpha value is -3.38. The Bertz CT molecular complexity index is 1470. The number of benzene rings is 5. The fourth-order valence-electron chi connectivity index (χ4n) is 5.14. The Kier molecular flexibility index (Phi) is 5.36. The van der Waals surface area contributed by atoms with Gasteiger partial charge >= 0.3 is 0 Å². The molecule has 0 radical (unpaired) electrons. The van der Waals surface area contributed by atoms with Gasteiger partial charge in [-0.1, -0.05) is 120 Å². The van der Waals surface area contributed by atoms with Crippen molar-refractivity contribution in [2.45, 2.75) is 52.4 Å². The lowest BCUT2D eigenvalue weighted by atomic mass is 9.75. The zero-order chi connectivity index (χ0) is 24.1. The van der Waals surface area contributed by atoms with E-state index in [-0.39, 0.29) is 10.8 Å². The minimum atomic E-state index is -0.0183. The van der Waals surface area contributed by atoms with Crippen LogP contribution in [0.4, 0.5) is 0 Å². The molecule has 5 aromatic carbocycles. The van der Waals surface area contributed by atoms with Crippen molar-refractivity contribution in [3.8, 4) is 22.3 Å². The molecule has 0 heterocycles. The molecule has 0 saturated carbocycles. The summed E-state index contributed by atoms with van der Waals surface area (Å²) in [5, 5.41) is 5.22. The molecule has 0 aliphatic heterocycles. The molecule has 0 aliphatic carbocycles. The standard InChI is InChI=1S/C34H34/c1-33(2,3)28-18-17-25-21-29-27(19-26(25)20-28)22-30(23-13-9-7-10-14-23)32(34(4,5)6)31(29)24-15-11-8-12-16-24/h7-22H,1-6H3. The molecule has 0 fully saturated rings. The Morgan fingerprint density at radius 3 is 1.68 bits per heavy atom. The third-order valence-corrected chi connectivity index (χ3v) is 6.86. The van der Waals surface area contributed by atoms with Gasteiger partial charge in [0, 0.05) is 0 Å². The highest BCUT2D eigenvalue weighted by molar-refractivity contribution is 6.09. The van der Waals surface area contributed by atoms with E-state index in [2.05, 4.69) is 139 Å². The predicted octanol–water partition coefficient (Wildman–Crippen LogP) is 9.92. The summed E-state index contributed by atoms with van der Waals surface area (Å²) in [6.45, 7) is 13.9. The first-order valence-electron chi connectivity index (χ1n) is 12.3. The summed E-state index contributed by atoms with van der Waals surface area (Å²) in [7, 11) is 0. The molecule has 0 nitrogen and oxygen atoms in total. The molecular formula is C34H34. The summed E-state index contributed by atoms with van der Waals surface area (Å²) in [5.41, 5.74) is 8.12. The molecule has 34 heavy (non-hydrogen) atoms. The fraction of sp³-hybridized carbons (Fsp3) is 0.235. The number of hydrogen-bond donors (Lipinski definition) is 0. The number of hydrogen-bond acceptors (Lipinski definition) is 0. The topological polar surface area (TPSA) is 0 Å². The first-order chi connectivity index (χ1) is 16.1. The van der Waals surface area contributed by atoms with Crippen LogP contribution < -0.4 is 0 Å². The monoisotopic (exact) mass is 442 g/mol. The highest BCUT2D eigenvalue weighted by Crippen LogP contribution is 2.45. The van der Waals surface area contributed by atoms with Gasteiger partial charge in [-0.25, -0.2) is 0 Å². The molecule has 0 bridgehead atoms. The largest absolute Gasteiger partial charge is 0.0622 e. The average Bonchev–Trinajstić information content (AvgIpc) is 2.81. The summed E-state index contributed by atoms with van der Waals surface area (Å²) in [4.78, 5) is 0. The van der Waals surface area contributed by atoms with Crippen molar-refractivity contribution in [1.29, 1.82) is 0 Å². The quantitative estimate of drug-likeness (QED) is 0.239. The molecule has 0 N–H and O–H groups in total. The minimum Gasteiger partial charge on any atom is -0.0622 e. The summed E-state index contributed by atoms with van der Waals surface area (Å²) in [5.74, 6) is 0. The molecule has 5 aromatic rings. The van der Waals surface area contributed by atoms with Crippen molar-refractivity contribution >= 4 is 21.5 Å². The smallest absolute Gasteiger partial charge is 0.00615 e. The third-order valence-electron chi connectivity index (χ3n) is 6.86. The van der Waals surface area contributed by atoms with Gasteiger partial charge in [0.25, 0.3) is 0 Å². The minimum absolute atomic E-state index is 0.0183. The van der Waals surface area contributed by atoms with Gasteiger partial charge in [0.05, 0.1) is 0 Å². The van der Waals surface area contributed by atoms with E-state index in [1.165, 1.54) is 54.9 Å². The van der Waals surface area contributed by atoms with Crippen LogP contribution in [0.15, 0.2) is 97.1 Å². The lowest BCUT2D eigenvalue weighted by Gasteiger charge is -2.29. The van der Waals surface area contributed by atoms with E-state index >= 15 is 0 Å². The van der Waals surface area contributed by atoms with Crippen LogP contribution in [0.2, 0.25) is 0 Å². The zero-order valence-corrected chi connectivity index (χ0v) is 21.2. The van der Waals surface area contributed by atoms with Gasteiger partial charge in [0.1, 0.15) is 0 Å². The second kappa shape index (κ2) is 8.13. The molecule has 0 aliphatic rings. The van der Waals surface area contributed by atoms with Crippen molar-refractivity contribution in [3.63, 3.8) is 0 Å². The maximum absolute atomic E-state index is 2.42.